The molecule has 1 saturated heterocycles. The number of methoxy groups -OCH3 is 1. The van der Waals surface area contributed by atoms with Crippen LogP contribution in [0.4, 0.5) is 5.69 Å². The van der Waals surface area contributed by atoms with Crippen molar-refractivity contribution in [2.45, 2.75) is 4.90 Å². The lowest BCUT2D eigenvalue weighted by Gasteiger charge is -2.33. The number of nitrogens with zero attached hydrogens (tertiary/aromatic N) is 3. The summed E-state index contributed by atoms with van der Waals surface area (Å²) in [5, 5.41) is 11.1. The molecule has 0 N–H and O–H groups in total. The van der Waals surface area contributed by atoms with Crippen LogP contribution in [-0.2, 0) is 19.6 Å². The molecule has 33 heavy (non-hydrogen) atoms. The molecule has 0 aromatic heterocycles. The Labute approximate surface area is 194 Å². The predicted molar refractivity (Wildman–Crippen MR) is 117 cm³/mol. The number of amides is 1. The molecule has 3 rings (SSSR count). The van der Waals surface area contributed by atoms with Gasteiger partial charge in [0.1, 0.15) is 5.75 Å². The van der Waals surface area contributed by atoms with Crippen molar-refractivity contribution in [1.29, 1.82) is 0 Å². The molecule has 0 bridgehead atoms. The van der Waals surface area contributed by atoms with Crippen LogP contribution in [0.3, 0.4) is 0 Å². The summed E-state index contributed by atoms with van der Waals surface area (Å²) in [6.07, 6.45) is 0. The van der Waals surface area contributed by atoms with Crippen LogP contribution in [0.5, 0.6) is 5.75 Å². The Kier molecular flexibility index (Phi) is 7.51. The van der Waals surface area contributed by atoms with Gasteiger partial charge in [0.25, 0.3) is 11.6 Å². The van der Waals surface area contributed by atoms with Crippen molar-refractivity contribution in [3.63, 3.8) is 0 Å². The van der Waals surface area contributed by atoms with Crippen molar-refractivity contribution in [3.8, 4) is 5.75 Å². The van der Waals surface area contributed by atoms with E-state index in [9.17, 15) is 28.1 Å². The van der Waals surface area contributed by atoms with Gasteiger partial charge in [0.05, 0.1) is 27.5 Å². The second-order valence-electron chi connectivity index (χ2n) is 6.96. The molecular weight excluding hydrogens is 478 g/mol. The summed E-state index contributed by atoms with van der Waals surface area (Å²) in [7, 11) is -2.69. The average Bonchev–Trinajstić information content (AvgIpc) is 2.82. The van der Waals surface area contributed by atoms with E-state index >= 15 is 0 Å². The van der Waals surface area contributed by atoms with Crippen molar-refractivity contribution < 1.29 is 32.4 Å². The Morgan fingerprint density at radius 3 is 2.42 bits per heavy atom. The molecule has 1 amide bonds. The number of hydrogen-bond acceptors (Lipinski definition) is 8. The summed E-state index contributed by atoms with van der Waals surface area (Å²) in [6.45, 7) is 0.00232. The van der Waals surface area contributed by atoms with Gasteiger partial charge >= 0.3 is 5.97 Å². The van der Waals surface area contributed by atoms with Gasteiger partial charge in [0.2, 0.25) is 10.0 Å². The molecule has 11 nitrogen and oxygen atoms in total. The maximum atomic E-state index is 12.8. The van der Waals surface area contributed by atoms with Gasteiger partial charge in [-0.05, 0) is 24.3 Å². The highest BCUT2D eigenvalue weighted by molar-refractivity contribution is 7.89. The first-order chi connectivity index (χ1) is 15.6. The lowest BCUT2D eigenvalue weighted by Crippen LogP contribution is -2.51. The number of hydrogen-bond donors (Lipinski definition) is 0. The highest BCUT2D eigenvalue weighted by Gasteiger charge is 2.31. The number of benzene rings is 2. The molecular formula is C20H20ClN3O8S. The fourth-order valence-corrected chi connectivity index (χ4v) is 4.88. The highest BCUT2D eigenvalue weighted by Crippen LogP contribution is 2.26. The van der Waals surface area contributed by atoms with Crippen molar-refractivity contribution in [2.75, 3.05) is 39.9 Å². The fourth-order valence-electron chi connectivity index (χ4n) is 3.18. The third-order valence-electron chi connectivity index (χ3n) is 4.96. The number of sulfonamides is 1. The SMILES string of the molecule is COC(=O)c1ccc(OCC(=O)N2CCN(S(=O)(=O)c3cccc([N+](=O)[O-])c3)CC2)c(Cl)c1. The van der Waals surface area contributed by atoms with Crippen LogP contribution in [0.15, 0.2) is 47.4 Å². The Morgan fingerprint density at radius 2 is 1.82 bits per heavy atom. The maximum absolute atomic E-state index is 12.8. The number of nitro groups is 1. The van der Waals surface area contributed by atoms with Crippen LogP contribution in [0.25, 0.3) is 0 Å². The van der Waals surface area contributed by atoms with Crippen LogP contribution in [-0.4, -0.2) is 74.3 Å². The molecule has 1 fully saturated rings. The summed E-state index contributed by atoms with van der Waals surface area (Å²) in [5.74, 6) is -0.711. The number of carbonyl (C=O) groups excluding carboxylic acids is 2. The summed E-state index contributed by atoms with van der Waals surface area (Å²) < 4.78 is 36.9. The largest absolute Gasteiger partial charge is 0.482 e. The Morgan fingerprint density at radius 1 is 1.12 bits per heavy atom. The van der Waals surface area contributed by atoms with E-state index in [4.69, 9.17) is 16.3 Å². The van der Waals surface area contributed by atoms with E-state index in [1.165, 1.54) is 52.7 Å². The average molecular weight is 498 g/mol. The summed E-state index contributed by atoms with van der Waals surface area (Å²) in [4.78, 5) is 35.6. The van der Waals surface area contributed by atoms with Gasteiger partial charge < -0.3 is 14.4 Å². The normalized spacial score (nSPS) is 14.5. The molecule has 0 saturated carbocycles. The highest BCUT2D eigenvalue weighted by atomic mass is 35.5. The molecule has 1 aliphatic rings. The lowest BCUT2D eigenvalue weighted by molar-refractivity contribution is -0.385. The molecule has 0 atom stereocenters. The topological polar surface area (TPSA) is 136 Å². The second kappa shape index (κ2) is 10.1. The van der Waals surface area contributed by atoms with E-state index in [0.717, 1.165) is 6.07 Å². The summed E-state index contributed by atoms with van der Waals surface area (Å²) in [6, 6.07) is 9.10. The Balaban J connectivity index is 1.57. The first kappa shape index (κ1) is 24.4. The number of esters is 1. The van der Waals surface area contributed by atoms with Gasteiger partial charge in [0.15, 0.2) is 6.61 Å². The third-order valence-corrected chi connectivity index (χ3v) is 7.15. The van der Waals surface area contributed by atoms with E-state index < -0.39 is 20.9 Å². The van der Waals surface area contributed by atoms with E-state index in [1.54, 1.807) is 0 Å². The zero-order chi connectivity index (χ0) is 24.2. The van der Waals surface area contributed by atoms with E-state index in [-0.39, 0.29) is 65.6 Å². The molecule has 0 unspecified atom stereocenters. The molecule has 176 valence electrons. The van der Waals surface area contributed by atoms with Gasteiger partial charge in [-0.15, -0.1) is 0 Å². The molecule has 1 heterocycles. The van der Waals surface area contributed by atoms with Crippen LogP contribution < -0.4 is 4.74 Å². The molecule has 2 aromatic rings. The van der Waals surface area contributed by atoms with Gasteiger partial charge in [-0.2, -0.15) is 4.31 Å². The number of non-ortho nitro benzene ring substituents is 1. The molecule has 0 spiro atoms. The van der Waals surface area contributed by atoms with E-state index in [0.29, 0.717) is 0 Å². The van der Waals surface area contributed by atoms with Gasteiger partial charge in [-0.3, -0.25) is 14.9 Å². The number of piperazine rings is 1. The van der Waals surface area contributed by atoms with Crippen molar-refractivity contribution >= 4 is 39.2 Å². The fraction of sp³-hybridized carbons (Fsp3) is 0.300. The minimum atomic E-state index is -3.94. The molecule has 13 heteroatoms. The van der Waals surface area contributed by atoms with Gasteiger partial charge in [-0.1, -0.05) is 17.7 Å². The van der Waals surface area contributed by atoms with Crippen molar-refractivity contribution in [1.82, 2.24) is 9.21 Å². The van der Waals surface area contributed by atoms with Gasteiger partial charge in [0, 0.05) is 38.3 Å². The van der Waals surface area contributed by atoms with Crippen molar-refractivity contribution in [3.05, 3.63) is 63.2 Å². The lowest BCUT2D eigenvalue weighted by atomic mass is 10.2. The molecule has 0 radical (unpaired) electrons. The molecule has 0 aliphatic carbocycles. The van der Waals surface area contributed by atoms with Crippen LogP contribution in [0, 0.1) is 10.1 Å². The number of rotatable bonds is 7. The van der Waals surface area contributed by atoms with Crippen LogP contribution in [0.2, 0.25) is 5.02 Å². The second-order valence-corrected chi connectivity index (χ2v) is 9.31. The third kappa shape index (κ3) is 5.59. The van der Waals surface area contributed by atoms with E-state index in [2.05, 4.69) is 4.74 Å². The first-order valence-corrected chi connectivity index (χ1v) is 11.5. The minimum absolute atomic E-state index is 0.0331. The standard InChI is InChI=1S/C20H20ClN3O8S/c1-31-20(26)14-5-6-18(17(21)11-14)32-13-19(25)22-7-9-23(10-8-22)33(29,30)16-4-2-3-15(12-16)24(27)28/h2-6,11-12H,7-10,13H2,1H3. The van der Waals surface area contributed by atoms with E-state index in [1.807, 2.05) is 0 Å². The number of carbonyl (C=O) groups is 2. The van der Waals surface area contributed by atoms with Crippen LogP contribution in [0.1, 0.15) is 10.4 Å². The first-order valence-electron chi connectivity index (χ1n) is 9.66. The number of halogens is 1. The monoisotopic (exact) mass is 497 g/mol. The summed E-state index contributed by atoms with van der Waals surface area (Å²) >= 11 is 6.08. The molecule has 2 aromatic carbocycles. The Bertz CT molecular complexity index is 1180. The Hall–Kier alpha value is -3.22. The zero-order valence-corrected chi connectivity index (χ0v) is 19.0. The smallest absolute Gasteiger partial charge is 0.337 e. The minimum Gasteiger partial charge on any atom is -0.482 e. The quantitative estimate of drug-likeness (QED) is 0.321. The maximum Gasteiger partial charge on any atom is 0.337 e. The predicted octanol–water partition coefficient (Wildman–Crippen LogP) is 1.95. The van der Waals surface area contributed by atoms with Crippen LogP contribution >= 0.6 is 11.6 Å². The number of ether oxygens (including phenoxy) is 2. The number of nitro benzene ring substituents is 1. The van der Waals surface area contributed by atoms with Crippen molar-refractivity contribution in [2.24, 2.45) is 0 Å². The zero-order valence-electron chi connectivity index (χ0n) is 17.5. The molecule has 1 aliphatic heterocycles. The van der Waals surface area contributed by atoms with Gasteiger partial charge in [-0.25, -0.2) is 13.2 Å². The summed E-state index contributed by atoms with van der Waals surface area (Å²) in [5.41, 5.74) is -0.0810.